The first kappa shape index (κ1) is 21.0. The van der Waals surface area contributed by atoms with E-state index in [1.54, 1.807) is 24.3 Å². The number of sulfone groups is 2. The van der Waals surface area contributed by atoms with Crippen LogP contribution in [0, 0.1) is 0 Å². The van der Waals surface area contributed by atoms with Crippen molar-refractivity contribution in [3.63, 3.8) is 0 Å². The van der Waals surface area contributed by atoms with E-state index in [1.807, 2.05) is 0 Å². The summed E-state index contributed by atoms with van der Waals surface area (Å²) in [5.74, 6) is -1.26. The van der Waals surface area contributed by atoms with E-state index in [9.17, 15) is 26.4 Å². The lowest BCUT2D eigenvalue weighted by Gasteiger charge is -2.12. The second-order valence-corrected chi connectivity index (χ2v) is 11.3. The van der Waals surface area contributed by atoms with Crippen LogP contribution in [0.15, 0.2) is 53.4 Å². The van der Waals surface area contributed by atoms with Crippen LogP contribution in [0.4, 0.5) is 11.4 Å². The van der Waals surface area contributed by atoms with Crippen molar-refractivity contribution in [2.45, 2.75) is 23.5 Å². The second-order valence-electron chi connectivity index (χ2n) is 6.81. The molecule has 1 unspecified atom stereocenters. The lowest BCUT2D eigenvalue weighted by molar-refractivity contribution is -0.114. The molecule has 3 rings (SSSR count). The SMILES string of the molecule is CC(=O)Nc1ccc(NC(=O)c2cccc(S(=O)(=O)C3CCS(=O)(=O)C3)c2)cc1. The summed E-state index contributed by atoms with van der Waals surface area (Å²) in [4.78, 5) is 23.5. The average molecular weight is 437 g/mol. The topological polar surface area (TPSA) is 126 Å². The third-order valence-corrected chi connectivity index (χ3v) is 8.69. The summed E-state index contributed by atoms with van der Waals surface area (Å²) >= 11 is 0. The third-order valence-electron chi connectivity index (χ3n) is 4.52. The van der Waals surface area contributed by atoms with Crippen molar-refractivity contribution < 1.29 is 26.4 Å². The maximum absolute atomic E-state index is 12.8. The molecule has 0 radical (unpaired) electrons. The van der Waals surface area contributed by atoms with Crippen molar-refractivity contribution in [3.05, 3.63) is 54.1 Å². The first-order valence-corrected chi connectivity index (χ1v) is 12.2. The van der Waals surface area contributed by atoms with Crippen molar-refractivity contribution in [1.29, 1.82) is 0 Å². The Kier molecular flexibility index (Phi) is 5.76. The van der Waals surface area contributed by atoms with Crippen molar-refractivity contribution in [1.82, 2.24) is 0 Å². The quantitative estimate of drug-likeness (QED) is 0.737. The third kappa shape index (κ3) is 5.01. The van der Waals surface area contributed by atoms with Gasteiger partial charge in [0.1, 0.15) is 0 Å². The molecule has 2 N–H and O–H groups in total. The molecule has 1 heterocycles. The van der Waals surface area contributed by atoms with Gasteiger partial charge in [-0.1, -0.05) is 6.07 Å². The highest BCUT2D eigenvalue weighted by Crippen LogP contribution is 2.26. The van der Waals surface area contributed by atoms with Gasteiger partial charge in [0.05, 0.1) is 21.7 Å². The lowest BCUT2D eigenvalue weighted by Crippen LogP contribution is -2.23. The highest BCUT2D eigenvalue weighted by atomic mass is 32.2. The Morgan fingerprint density at radius 2 is 1.62 bits per heavy atom. The van der Waals surface area contributed by atoms with Crippen LogP contribution in [0.25, 0.3) is 0 Å². The van der Waals surface area contributed by atoms with Crippen LogP contribution in [-0.2, 0) is 24.5 Å². The Morgan fingerprint density at radius 1 is 1.00 bits per heavy atom. The number of carbonyl (C=O) groups excluding carboxylic acids is 2. The van der Waals surface area contributed by atoms with Crippen molar-refractivity contribution in [2.75, 3.05) is 22.1 Å². The van der Waals surface area contributed by atoms with Crippen LogP contribution >= 0.6 is 0 Å². The maximum atomic E-state index is 12.8. The predicted octanol–water partition coefficient (Wildman–Crippen LogP) is 1.86. The van der Waals surface area contributed by atoms with Crippen LogP contribution in [0.2, 0.25) is 0 Å². The Morgan fingerprint density at radius 3 is 2.17 bits per heavy atom. The van der Waals surface area contributed by atoms with Crippen molar-refractivity contribution in [3.8, 4) is 0 Å². The van der Waals surface area contributed by atoms with Gasteiger partial charge in [-0.2, -0.15) is 0 Å². The molecule has 0 aromatic heterocycles. The Labute approximate surface area is 169 Å². The molecule has 2 aromatic rings. The molecule has 0 bridgehead atoms. The van der Waals surface area contributed by atoms with E-state index in [0.717, 1.165) is 0 Å². The molecule has 8 nitrogen and oxygen atoms in total. The Hall–Kier alpha value is -2.72. The largest absolute Gasteiger partial charge is 0.326 e. The summed E-state index contributed by atoms with van der Waals surface area (Å²) in [6, 6.07) is 12.0. The standard InChI is InChI=1S/C19H20N2O6S2/c1-13(22)20-15-5-7-16(8-6-15)21-19(23)14-3-2-4-17(11-14)29(26,27)18-9-10-28(24,25)12-18/h2-8,11,18H,9-10,12H2,1H3,(H,20,22)(H,21,23). The zero-order chi connectivity index (χ0) is 21.2. The number of amides is 2. The molecule has 0 saturated carbocycles. The van der Waals surface area contributed by atoms with Crippen LogP contribution in [-0.4, -0.2) is 45.4 Å². The summed E-state index contributed by atoms with van der Waals surface area (Å²) in [6.07, 6.45) is 0.0573. The monoisotopic (exact) mass is 436 g/mol. The molecule has 0 aliphatic carbocycles. The fourth-order valence-electron chi connectivity index (χ4n) is 3.06. The number of hydrogen-bond donors (Lipinski definition) is 2. The molecule has 2 amide bonds. The number of hydrogen-bond acceptors (Lipinski definition) is 6. The molecule has 1 saturated heterocycles. The van der Waals surface area contributed by atoms with E-state index < -0.39 is 36.6 Å². The molecule has 0 spiro atoms. The molecule has 10 heteroatoms. The van der Waals surface area contributed by atoms with E-state index in [4.69, 9.17) is 0 Å². The maximum Gasteiger partial charge on any atom is 0.255 e. The van der Waals surface area contributed by atoms with Crippen molar-refractivity contribution >= 4 is 42.9 Å². The van der Waals surface area contributed by atoms with E-state index in [0.29, 0.717) is 11.4 Å². The summed E-state index contributed by atoms with van der Waals surface area (Å²) in [7, 11) is -7.20. The number of carbonyl (C=O) groups is 2. The van der Waals surface area contributed by atoms with Gasteiger partial charge in [-0.15, -0.1) is 0 Å². The van der Waals surface area contributed by atoms with E-state index in [-0.39, 0.29) is 28.5 Å². The smallest absolute Gasteiger partial charge is 0.255 e. The zero-order valence-electron chi connectivity index (χ0n) is 15.6. The van der Waals surface area contributed by atoms with Gasteiger partial charge in [-0.05, 0) is 48.9 Å². The Bertz CT molecular complexity index is 1160. The molecule has 1 atom stereocenters. The molecule has 1 aliphatic heterocycles. The van der Waals surface area contributed by atoms with Crippen LogP contribution in [0.1, 0.15) is 23.7 Å². The highest BCUT2D eigenvalue weighted by molar-refractivity contribution is 7.96. The fourth-order valence-corrected chi connectivity index (χ4v) is 7.46. The zero-order valence-corrected chi connectivity index (χ0v) is 17.2. The number of nitrogens with one attached hydrogen (secondary N) is 2. The second kappa shape index (κ2) is 7.96. The van der Waals surface area contributed by atoms with Gasteiger partial charge in [0, 0.05) is 23.9 Å². The van der Waals surface area contributed by atoms with Gasteiger partial charge in [-0.25, -0.2) is 16.8 Å². The van der Waals surface area contributed by atoms with Crippen LogP contribution < -0.4 is 10.6 Å². The van der Waals surface area contributed by atoms with Gasteiger partial charge in [-0.3, -0.25) is 9.59 Å². The van der Waals surface area contributed by atoms with Gasteiger partial charge >= 0.3 is 0 Å². The summed E-state index contributed by atoms with van der Waals surface area (Å²) < 4.78 is 48.8. The van der Waals surface area contributed by atoms with Crippen LogP contribution in [0.5, 0.6) is 0 Å². The van der Waals surface area contributed by atoms with Crippen molar-refractivity contribution in [2.24, 2.45) is 0 Å². The molecule has 29 heavy (non-hydrogen) atoms. The number of anilines is 2. The lowest BCUT2D eigenvalue weighted by atomic mass is 10.2. The highest BCUT2D eigenvalue weighted by Gasteiger charge is 2.38. The van der Waals surface area contributed by atoms with E-state index >= 15 is 0 Å². The average Bonchev–Trinajstić information content (AvgIpc) is 3.03. The molecule has 154 valence electrons. The number of benzene rings is 2. The molecule has 1 aliphatic rings. The summed E-state index contributed by atoms with van der Waals surface area (Å²) in [5, 5.41) is 4.28. The molecule has 1 fully saturated rings. The summed E-state index contributed by atoms with van der Waals surface area (Å²) in [6.45, 7) is 1.39. The predicted molar refractivity (Wildman–Crippen MR) is 109 cm³/mol. The van der Waals surface area contributed by atoms with Gasteiger partial charge < -0.3 is 10.6 Å². The minimum absolute atomic E-state index is 0.0573. The van der Waals surface area contributed by atoms with Gasteiger partial charge in [0.15, 0.2) is 19.7 Å². The fraction of sp³-hybridized carbons (Fsp3) is 0.263. The molecular weight excluding hydrogens is 416 g/mol. The van der Waals surface area contributed by atoms with Gasteiger partial charge in [0.2, 0.25) is 5.91 Å². The minimum atomic E-state index is -3.86. The van der Waals surface area contributed by atoms with Gasteiger partial charge in [0.25, 0.3) is 5.91 Å². The Balaban J connectivity index is 1.77. The molecular formula is C19H20N2O6S2. The van der Waals surface area contributed by atoms with Crippen LogP contribution in [0.3, 0.4) is 0 Å². The van der Waals surface area contributed by atoms with E-state index in [2.05, 4.69) is 10.6 Å². The summed E-state index contributed by atoms with van der Waals surface area (Å²) in [5.41, 5.74) is 1.19. The first-order chi connectivity index (χ1) is 13.6. The molecule has 2 aromatic carbocycles. The first-order valence-electron chi connectivity index (χ1n) is 8.80. The minimum Gasteiger partial charge on any atom is -0.326 e. The van der Waals surface area contributed by atoms with E-state index in [1.165, 1.54) is 31.2 Å². The number of rotatable bonds is 5. The normalized spacial score (nSPS) is 18.2.